The van der Waals surface area contributed by atoms with E-state index in [0.717, 1.165) is 37.5 Å². The van der Waals surface area contributed by atoms with Crippen molar-refractivity contribution in [2.24, 2.45) is 0 Å². The van der Waals surface area contributed by atoms with Gasteiger partial charge in [0, 0.05) is 32.7 Å². The van der Waals surface area contributed by atoms with E-state index in [9.17, 15) is 0 Å². The third-order valence-electron chi connectivity index (χ3n) is 2.46. The summed E-state index contributed by atoms with van der Waals surface area (Å²) in [6, 6.07) is 0. The van der Waals surface area contributed by atoms with E-state index >= 15 is 0 Å². The summed E-state index contributed by atoms with van der Waals surface area (Å²) in [7, 11) is 1.71. The Morgan fingerprint density at radius 1 is 1.47 bits per heavy atom. The summed E-state index contributed by atoms with van der Waals surface area (Å²) in [6.45, 7) is 1.62. The molecule has 3 N–H and O–H groups in total. The molecule has 2 aromatic heterocycles. The van der Waals surface area contributed by atoms with Crippen LogP contribution >= 0.6 is 0 Å². The molecule has 0 atom stereocenters. The largest absolute Gasteiger partial charge is 0.385 e. The van der Waals surface area contributed by atoms with Crippen LogP contribution in [0.25, 0.3) is 5.65 Å². The zero-order valence-electron chi connectivity index (χ0n) is 9.89. The summed E-state index contributed by atoms with van der Waals surface area (Å²) in [5.74, 6) is 1.21. The van der Waals surface area contributed by atoms with Crippen LogP contribution in [-0.2, 0) is 4.74 Å². The number of nitrogens with zero attached hydrogens (tertiary/aromatic N) is 3. The summed E-state index contributed by atoms with van der Waals surface area (Å²) < 4.78 is 6.85. The van der Waals surface area contributed by atoms with Crippen LogP contribution in [0.15, 0.2) is 18.6 Å². The number of imidazole rings is 1. The second-order valence-corrected chi connectivity index (χ2v) is 3.80. The average molecular weight is 235 g/mol. The van der Waals surface area contributed by atoms with E-state index < -0.39 is 0 Å². The maximum absolute atomic E-state index is 5.72. The number of rotatable bonds is 6. The highest BCUT2D eigenvalue weighted by Crippen LogP contribution is 2.14. The van der Waals surface area contributed by atoms with Gasteiger partial charge in [0.05, 0.1) is 6.20 Å². The first-order valence-corrected chi connectivity index (χ1v) is 5.63. The molecule has 0 aromatic carbocycles. The lowest BCUT2D eigenvalue weighted by molar-refractivity contribution is 0.194. The Bertz CT molecular complexity index is 482. The number of hydrogen-bond acceptors (Lipinski definition) is 5. The maximum Gasteiger partial charge on any atom is 0.180 e. The van der Waals surface area contributed by atoms with Crippen LogP contribution in [0, 0.1) is 0 Å². The van der Waals surface area contributed by atoms with Crippen LogP contribution in [0.1, 0.15) is 12.8 Å². The molecule has 0 spiro atoms. The number of hydrogen-bond donors (Lipinski definition) is 2. The van der Waals surface area contributed by atoms with Crippen molar-refractivity contribution < 1.29 is 4.74 Å². The Balaban J connectivity index is 2.00. The van der Waals surface area contributed by atoms with Crippen molar-refractivity contribution in [1.82, 2.24) is 14.4 Å². The van der Waals surface area contributed by atoms with Gasteiger partial charge in [-0.25, -0.2) is 9.97 Å². The standard InChI is InChI=1S/C11H17N5O/c1-17-7-3-2-4-13-10-11-14-5-6-16(11)8-9(12)15-10/h5-6,8H,2-4,7,12H2,1H3,(H,13,15). The predicted octanol–water partition coefficient (Wildman–Crippen LogP) is 1.15. The number of unbranched alkanes of at least 4 members (excludes halogenated alkanes) is 1. The number of nitrogens with one attached hydrogen (secondary N) is 1. The fourth-order valence-corrected chi connectivity index (χ4v) is 1.65. The Labute approximate surface area is 99.8 Å². The molecule has 2 heterocycles. The van der Waals surface area contributed by atoms with Crippen molar-refractivity contribution in [3.8, 4) is 0 Å². The summed E-state index contributed by atoms with van der Waals surface area (Å²) in [5, 5.41) is 3.24. The number of nitrogens with two attached hydrogens (primary N) is 1. The van der Waals surface area contributed by atoms with Gasteiger partial charge < -0.3 is 20.2 Å². The first-order chi connectivity index (χ1) is 8.31. The van der Waals surface area contributed by atoms with E-state index in [0.29, 0.717) is 5.82 Å². The maximum atomic E-state index is 5.72. The van der Waals surface area contributed by atoms with E-state index in [1.165, 1.54) is 0 Å². The highest BCUT2D eigenvalue weighted by atomic mass is 16.5. The van der Waals surface area contributed by atoms with E-state index in [2.05, 4.69) is 15.3 Å². The molecule has 0 bridgehead atoms. The van der Waals surface area contributed by atoms with Crippen LogP contribution in [0.4, 0.5) is 11.6 Å². The minimum Gasteiger partial charge on any atom is -0.385 e. The zero-order valence-corrected chi connectivity index (χ0v) is 9.89. The van der Waals surface area contributed by atoms with Crippen molar-refractivity contribution >= 4 is 17.3 Å². The number of aromatic nitrogens is 3. The molecular weight excluding hydrogens is 218 g/mol. The van der Waals surface area contributed by atoms with Crippen LogP contribution < -0.4 is 11.1 Å². The highest BCUT2D eigenvalue weighted by Gasteiger charge is 2.04. The van der Waals surface area contributed by atoms with Crippen LogP contribution in [0.2, 0.25) is 0 Å². The molecule has 0 fully saturated rings. The molecule has 0 amide bonds. The molecule has 0 saturated heterocycles. The van der Waals surface area contributed by atoms with E-state index in [4.69, 9.17) is 10.5 Å². The summed E-state index contributed by atoms with van der Waals surface area (Å²) >= 11 is 0. The second-order valence-electron chi connectivity index (χ2n) is 3.80. The van der Waals surface area contributed by atoms with E-state index in [1.54, 1.807) is 19.5 Å². The molecule has 0 radical (unpaired) electrons. The first-order valence-electron chi connectivity index (χ1n) is 5.63. The molecule has 2 aromatic rings. The molecule has 0 aliphatic rings. The summed E-state index contributed by atoms with van der Waals surface area (Å²) in [4.78, 5) is 8.48. The number of ether oxygens (including phenoxy) is 1. The minimum absolute atomic E-state index is 0.481. The lowest BCUT2D eigenvalue weighted by Crippen LogP contribution is -2.08. The minimum atomic E-state index is 0.481. The van der Waals surface area contributed by atoms with Gasteiger partial charge in [0.15, 0.2) is 11.5 Å². The van der Waals surface area contributed by atoms with Gasteiger partial charge in [-0.1, -0.05) is 0 Å². The molecule has 2 rings (SSSR count). The number of fused-ring (bicyclic) bond motifs is 1. The number of nitrogen functional groups attached to an aromatic ring is 1. The van der Waals surface area contributed by atoms with Crippen molar-refractivity contribution in [1.29, 1.82) is 0 Å². The highest BCUT2D eigenvalue weighted by molar-refractivity contribution is 5.64. The van der Waals surface area contributed by atoms with Crippen LogP contribution in [0.3, 0.4) is 0 Å². The van der Waals surface area contributed by atoms with Gasteiger partial charge >= 0.3 is 0 Å². The van der Waals surface area contributed by atoms with Gasteiger partial charge in [-0.05, 0) is 12.8 Å². The average Bonchev–Trinajstić information content (AvgIpc) is 2.76. The molecule has 17 heavy (non-hydrogen) atoms. The topological polar surface area (TPSA) is 77.5 Å². The first kappa shape index (κ1) is 11.7. The Hall–Kier alpha value is -1.82. The third-order valence-corrected chi connectivity index (χ3v) is 2.46. The molecule has 6 nitrogen and oxygen atoms in total. The van der Waals surface area contributed by atoms with Gasteiger partial charge in [0.25, 0.3) is 0 Å². The fraction of sp³-hybridized carbons (Fsp3) is 0.455. The van der Waals surface area contributed by atoms with Crippen molar-refractivity contribution in [2.75, 3.05) is 31.3 Å². The van der Waals surface area contributed by atoms with E-state index in [1.807, 2.05) is 10.6 Å². The number of methoxy groups -OCH3 is 1. The van der Waals surface area contributed by atoms with Gasteiger partial charge in [-0.2, -0.15) is 0 Å². The molecule has 0 saturated carbocycles. The van der Waals surface area contributed by atoms with Gasteiger partial charge in [-0.3, -0.25) is 0 Å². The van der Waals surface area contributed by atoms with Crippen LogP contribution in [0.5, 0.6) is 0 Å². The lowest BCUT2D eigenvalue weighted by Gasteiger charge is -2.07. The second kappa shape index (κ2) is 5.49. The lowest BCUT2D eigenvalue weighted by atomic mass is 10.3. The van der Waals surface area contributed by atoms with E-state index in [-0.39, 0.29) is 0 Å². The zero-order chi connectivity index (χ0) is 12.1. The van der Waals surface area contributed by atoms with Crippen molar-refractivity contribution in [2.45, 2.75) is 12.8 Å². The fourth-order valence-electron chi connectivity index (χ4n) is 1.65. The summed E-state index contributed by atoms with van der Waals surface area (Å²) in [6.07, 6.45) is 7.38. The molecule has 6 heteroatoms. The Morgan fingerprint density at radius 3 is 3.18 bits per heavy atom. The molecular formula is C11H17N5O. The van der Waals surface area contributed by atoms with Gasteiger partial charge in [0.2, 0.25) is 0 Å². The predicted molar refractivity (Wildman–Crippen MR) is 67.0 cm³/mol. The summed E-state index contributed by atoms with van der Waals surface area (Å²) in [5.41, 5.74) is 6.51. The van der Waals surface area contributed by atoms with Gasteiger partial charge in [-0.15, -0.1) is 0 Å². The quantitative estimate of drug-likeness (QED) is 0.734. The van der Waals surface area contributed by atoms with Crippen molar-refractivity contribution in [3.05, 3.63) is 18.6 Å². The smallest absolute Gasteiger partial charge is 0.180 e. The third kappa shape index (κ3) is 2.85. The molecule has 0 aliphatic carbocycles. The van der Waals surface area contributed by atoms with Crippen molar-refractivity contribution in [3.63, 3.8) is 0 Å². The Kier molecular flexibility index (Phi) is 3.77. The molecule has 0 unspecified atom stereocenters. The monoisotopic (exact) mass is 235 g/mol. The van der Waals surface area contributed by atoms with Crippen LogP contribution in [-0.4, -0.2) is 34.6 Å². The molecule has 92 valence electrons. The number of anilines is 2. The van der Waals surface area contributed by atoms with Gasteiger partial charge in [0.1, 0.15) is 5.82 Å². The SMILES string of the molecule is COCCCCNc1nc(N)cn2ccnc12. The Morgan fingerprint density at radius 2 is 2.35 bits per heavy atom. The normalized spacial score (nSPS) is 10.9. The molecule has 0 aliphatic heterocycles.